The van der Waals surface area contributed by atoms with E-state index < -0.39 is 0 Å². The smallest absolute Gasteiger partial charge is 0.183 e. The van der Waals surface area contributed by atoms with Gasteiger partial charge in [0, 0.05) is 31.1 Å². The molecule has 0 aromatic carbocycles. The van der Waals surface area contributed by atoms with E-state index in [9.17, 15) is 5.26 Å². The molecule has 10 nitrogen and oxygen atoms in total. The Kier molecular flexibility index (Phi) is 4.71. The monoisotopic (exact) mass is 445 g/mol. The molecule has 3 N–H and O–H groups in total. The van der Waals surface area contributed by atoms with Gasteiger partial charge in [0.1, 0.15) is 17.6 Å². The Morgan fingerprint density at radius 1 is 1.24 bits per heavy atom. The van der Waals surface area contributed by atoms with Gasteiger partial charge >= 0.3 is 0 Å². The number of nitrogens with zero attached hydrogens (tertiary/aromatic N) is 7. The highest BCUT2D eigenvalue weighted by molar-refractivity contribution is 5.87. The molecule has 2 fully saturated rings. The molecule has 0 aliphatic carbocycles. The molecule has 0 bridgehead atoms. The number of aromatic amines is 1. The molecule has 3 aromatic heterocycles. The summed E-state index contributed by atoms with van der Waals surface area (Å²) in [6.45, 7) is 5.41. The predicted octanol–water partition coefficient (Wildman–Crippen LogP) is 2.04. The molecule has 6 rings (SSSR count). The van der Waals surface area contributed by atoms with E-state index in [0.29, 0.717) is 11.3 Å². The Balaban J connectivity index is 1.25. The van der Waals surface area contributed by atoms with Gasteiger partial charge in [-0.25, -0.2) is 15.0 Å². The average molecular weight is 446 g/mol. The van der Waals surface area contributed by atoms with Gasteiger partial charge in [-0.1, -0.05) is 0 Å². The molecule has 1 spiro atoms. The third kappa shape index (κ3) is 3.22. The zero-order valence-electron chi connectivity index (χ0n) is 18.7. The summed E-state index contributed by atoms with van der Waals surface area (Å²) in [6, 6.07) is 5.91. The van der Waals surface area contributed by atoms with Crippen LogP contribution >= 0.6 is 0 Å². The van der Waals surface area contributed by atoms with Crippen molar-refractivity contribution in [3.05, 3.63) is 29.7 Å². The number of aromatic nitrogens is 5. The first-order valence-electron chi connectivity index (χ1n) is 11.6. The van der Waals surface area contributed by atoms with Gasteiger partial charge < -0.3 is 20.3 Å². The lowest BCUT2D eigenvalue weighted by atomic mass is 9.73. The number of hydrogen-bond donors (Lipinski definition) is 2. The molecule has 2 saturated heterocycles. The number of pyridine rings is 1. The van der Waals surface area contributed by atoms with E-state index in [1.807, 2.05) is 12.3 Å². The summed E-state index contributed by atoms with van der Waals surface area (Å²) in [5, 5.41) is 16.8. The highest BCUT2D eigenvalue weighted by Gasteiger charge is 2.47. The first-order chi connectivity index (χ1) is 16.1. The number of nitriles is 1. The Hall–Kier alpha value is -3.29. The predicted molar refractivity (Wildman–Crippen MR) is 123 cm³/mol. The van der Waals surface area contributed by atoms with Crippen LogP contribution in [0, 0.1) is 16.7 Å². The number of hydrogen-bond acceptors (Lipinski definition) is 9. The van der Waals surface area contributed by atoms with Crippen LogP contribution in [0.25, 0.3) is 11.2 Å². The molecule has 10 heteroatoms. The topological polar surface area (TPSA) is 133 Å². The van der Waals surface area contributed by atoms with E-state index in [1.54, 1.807) is 6.07 Å². The van der Waals surface area contributed by atoms with Gasteiger partial charge in [0.25, 0.3) is 0 Å². The van der Waals surface area contributed by atoms with Crippen LogP contribution in [0.5, 0.6) is 0 Å². The lowest BCUT2D eigenvalue weighted by Gasteiger charge is -2.41. The third-order valence-electron chi connectivity index (χ3n) is 7.58. The fourth-order valence-corrected chi connectivity index (χ4v) is 5.51. The summed E-state index contributed by atoms with van der Waals surface area (Å²) in [5.74, 6) is 1.60. The van der Waals surface area contributed by atoms with Gasteiger partial charge in [0.15, 0.2) is 17.0 Å². The molecule has 6 heterocycles. The number of nitrogens with two attached hydrogens (primary N) is 1. The van der Waals surface area contributed by atoms with E-state index in [2.05, 4.69) is 38.0 Å². The Morgan fingerprint density at radius 2 is 2.09 bits per heavy atom. The molecule has 170 valence electrons. The van der Waals surface area contributed by atoms with Gasteiger partial charge in [0.2, 0.25) is 0 Å². The number of ether oxygens (including phenoxy) is 1. The number of piperidine rings is 1. The molecule has 0 unspecified atom stereocenters. The van der Waals surface area contributed by atoms with Gasteiger partial charge in [-0.2, -0.15) is 10.4 Å². The maximum atomic E-state index is 9.17. The van der Waals surface area contributed by atoms with Crippen molar-refractivity contribution >= 4 is 28.5 Å². The number of anilines is 3. The van der Waals surface area contributed by atoms with Crippen molar-refractivity contribution in [2.75, 3.05) is 36.0 Å². The van der Waals surface area contributed by atoms with Crippen molar-refractivity contribution < 1.29 is 4.74 Å². The van der Waals surface area contributed by atoms with Gasteiger partial charge in [-0.05, 0) is 44.7 Å². The Labute approximate surface area is 191 Å². The van der Waals surface area contributed by atoms with Gasteiger partial charge in [-0.15, -0.1) is 0 Å². The van der Waals surface area contributed by atoms with Crippen LogP contribution in [0.2, 0.25) is 0 Å². The van der Waals surface area contributed by atoms with E-state index in [0.717, 1.165) is 80.5 Å². The minimum atomic E-state index is 0.0791. The zero-order valence-corrected chi connectivity index (χ0v) is 18.7. The van der Waals surface area contributed by atoms with Crippen LogP contribution in [-0.2, 0) is 11.2 Å². The number of fused-ring (bicyclic) bond motifs is 2. The third-order valence-corrected chi connectivity index (χ3v) is 7.58. The second-order valence-corrected chi connectivity index (χ2v) is 9.39. The normalized spacial score (nSPS) is 24.3. The standard InChI is InChI=1S/C23H27N9O/c1-14-20(25)23(13-33-14)6-9-31(10-7-23)18-12-26-19-21(28-18)29-30-22(19)32-8-2-3-16-17(32)5-4-15(11-24)27-16/h4-5,12,14,20H,2-3,6-10,13,25H2,1H3,(H,28,29,30)/t14-,20+/m0/s1. The van der Waals surface area contributed by atoms with E-state index in [4.69, 9.17) is 20.4 Å². The molecule has 0 radical (unpaired) electrons. The SMILES string of the molecule is C[C@@H]1OCC2(CCN(c3cnc4c(N5CCCc6nc(C#N)ccc65)n[nH]c4n3)CC2)[C@@H]1N. The minimum Gasteiger partial charge on any atom is -0.376 e. The van der Waals surface area contributed by atoms with Crippen LogP contribution in [0.4, 0.5) is 17.3 Å². The van der Waals surface area contributed by atoms with Crippen molar-refractivity contribution in [3.8, 4) is 6.07 Å². The van der Waals surface area contributed by atoms with Gasteiger partial charge in [0.05, 0.1) is 30.3 Å². The summed E-state index contributed by atoms with van der Waals surface area (Å²) in [4.78, 5) is 18.5. The molecule has 3 aromatic rings. The van der Waals surface area contributed by atoms with Crippen molar-refractivity contribution in [1.82, 2.24) is 25.1 Å². The van der Waals surface area contributed by atoms with E-state index in [1.165, 1.54) is 0 Å². The van der Waals surface area contributed by atoms with E-state index in [-0.39, 0.29) is 17.6 Å². The maximum Gasteiger partial charge on any atom is 0.183 e. The fourth-order valence-electron chi connectivity index (χ4n) is 5.51. The summed E-state index contributed by atoms with van der Waals surface area (Å²) >= 11 is 0. The second kappa shape index (κ2) is 7.64. The largest absolute Gasteiger partial charge is 0.376 e. The number of aryl methyl sites for hydroxylation is 1. The molecular formula is C23H27N9O. The fraction of sp³-hybridized carbons (Fsp3) is 0.522. The van der Waals surface area contributed by atoms with Crippen LogP contribution < -0.4 is 15.5 Å². The molecular weight excluding hydrogens is 418 g/mol. The summed E-state index contributed by atoms with van der Waals surface area (Å²) < 4.78 is 5.85. The van der Waals surface area contributed by atoms with E-state index >= 15 is 0 Å². The first-order valence-corrected chi connectivity index (χ1v) is 11.6. The molecule has 0 amide bonds. The quantitative estimate of drug-likeness (QED) is 0.608. The number of H-pyrrole nitrogens is 1. The summed E-state index contributed by atoms with van der Waals surface area (Å²) in [6.07, 6.45) is 5.74. The Morgan fingerprint density at radius 3 is 2.85 bits per heavy atom. The molecule has 3 aliphatic rings. The highest BCUT2D eigenvalue weighted by atomic mass is 16.5. The lowest BCUT2D eigenvalue weighted by molar-refractivity contribution is 0.0974. The van der Waals surface area contributed by atoms with Crippen molar-refractivity contribution in [3.63, 3.8) is 0 Å². The molecule has 33 heavy (non-hydrogen) atoms. The van der Waals surface area contributed by atoms with Crippen LogP contribution in [0.1, 0.15) is 37.6 Å². The average Bonchev–Trinajstić information content (AvgIpc) is 3.40. The van der Waals surface area contributed by atoms with Crippen molar-refractivity contribution in [2.24, 2.45) is 11.1 Å². The van der Waals surface area contributed by atoms with Gasteiger partial charge in [-0.3, -0.25) is 5.10 Å². The zero-order chi connectivity index (χ0) is 22.6. The molecule has 0 saturated carbocycles. The lowest BCUT2D eigenvalue weighted by Crippen LogP contribution is -2.50. The summed E-state index contributed by atoms with van der Waals surface area (Å²) in [7, 11) is 0. The first kappa shape index (κ1) is 20.3. The maximum absolute atomic E-state index is 9.17. The molecule has 2 atom stereocenters. The Bertz CT molecular complexity index is 1240. The van der Waals surface area contributed by atoms with Crippen molar-refractivity contribution in [2.45, 2.75) is 44.8 Å². The number of nitrogens with one attached hydrogen (secondary N) is 1. The second-order valence-electron chi connectivity index (χ2n) is 9.39. The number of rotatable bonds is 2. The molecule has 3 aliphatic heterocycles. The summed E-state index contributed by atoms with van der Waals surface area (Å²) in [5.41, 5.74) is 10.3. The minimum absolute atomic E-state index is 0.0791. The van der Waals surface area contributed by atoms with Crippen molar-refractivity contribution in [1.29, 1.82) is 5.26 Å². The highest BCUT2D eigenvalue weighted by Crippen LogP contribution is 2.42. The van der Waals surface area contributed by atoms with Crippen LogP contribution in [-0.4, -0.2) is 63.5 Å². The van der Waals surface area contributed by atoms with Crippen LogP contribution in [0.15, 0.2) is 18.3 Å². The van der Waals surface area contributed by atoms with Crippen LogP contribution in [0.3, 0.4) is 0 Å².